The minimum atomic E-state index is -0.132. The van der Waals surface area contributed by atoms with Gasteiger partial charge in [0.15, 0.2) is 0 Å². The van der Waals surface area contributed by atoms with Crippen LogP contribution in [0.25, 0.3) is 0 Å². The zero-order valence-corrected chi connectivity index (χ0v) is 11.7. The molecule has 3 aliphatic rings. The van der Waals surface area contributed by atoms with Crippen molar-refractivity contribution < 1.29 is 4.79 Å². The van der Waals surface area contributed by atoms with Gasteiger partial charge in [0.05, 0.1) is 11.7 Å². The third kappa shape index (κ3) is 1.87. The molecular weight excluding hydrogens is 224 g/mol. The van der Waals surface area contributed by atoms with Crippen LogP contribution < -0.4 is 5.32 Å². The fourth-order valence-corrected chi connectivity index (χ4v) is 3.89. The van der Waals surface area contributed by atoms with E-state index in [1.807, 2.05) is 0 Å². The Balaban J connectivity index is 1.82. The van der Waals surface area contributed by atoms with Gasteiger partial charge in [0, 0.05) is 6.04 Å². The molecule has 3 unspecified atom stereocenters. The molecule has 1 amide bonds. The molecule has 3 nitrogen and oxygen atoms in total. The summed E-state index contributed by atoms with van der Waals surface area (Å²) in [6.07, 6.45) is 9.93. The summed E-state index contributed by atoms with van der Waals surface area (Å²) in [4.78, 5) is 14.9. The molecule has 1 saturated heterocycles. The maximum absolute atomic E-state index is 12.7. The summed E-state index contributed by atoms with van der Waals surface area (Å²) in [5.74, 6) is 1.08. The first-order valence-electron chi connectivity index (χ1n) is 7.78. The van der Waals surface area contributed by atoms with Crippen LogP contribution in [0.5, 0.6) is 0 Å². The molecular formula is C15H26N2O. The lowest BCUT2D eigenvalue weighted by Gasteiger charge is -2.35. The topological polar surface area (TPSA) is 32.3 Å². The number of carbonyl (C=O) groups excluding carboxylic acids is 1. The van der Waals surface area contributed by atoms with Crippen LogP contribution in [0.4, 0.5) is 0 Å². The van der Waals surface area contributed by atoms with E-state index in [1.165, 1.54) is 32.1 Å². The molecule has 1 N–H and O–H groups in total. The molecule has 0 aromatic carbocycles. The normalized spacial score (nSPS) is 39.1. The van der Waals surface area contributed by atoms with Gasteiger partial charge in [-0.3, -0.25) is 10.1 Å². The van der Waals surface area contributed by atoms with Crippen LogP contribution in [0.2, 0.25) is 0 Å². The molecule has 1 heterocycles. The van der Waals surface area contributed by atoms with Crippen molar-refractivity contribution >= 4 is 5.91 Å². The highest BCUT2D eigenvalue weighted by molar-refractivity contribution is 5.92. The summed E-state index contributed by atoms with van der Waals surface area (Å²) in [7, 11) is 0. The predicted molar refractivity (Wildman–Crippen MR) is 72.1 cm³/mol. The van der Waals surface area contributed by atoms with Crippen molar-refractivity contribution in [1.82, 2.24) is 10.2 Å². The summed E-state index contributed by atoms with van der Waals surface area (Å²) in [5, 5.41) is 3.61. The zero-order valence-electron chi connectivity index (χ0n) is 11.7. The van der Waals surface area contributed by atoms with Crippen LogP contribution >= 0.6 is 0 Å². The lowest BCUT2D eigenvalue weighted by molar-refractivity contribution is -0.134. The van der Waals surface area contributed by atoms with Gasteiger partial charge < -0.3 is 4.90 Å². The van der Waals surface area contributed by atoms with E-state index in [0.29, 0.717) is 24.0 Å². The van der Waals surface area contributed by atoms with Gasteiger partial charge in [-0.15, -0.1) is 0 Å². The SMILES string of the molecule is CCC1NC2(CC2)C(=O)N1C1CCCCCC1C. The maximum Gasteiger partial charge on any atom is 0.244 e. The van der Waals surface area contributed by atoms with Crippen molar-refractivity contribution in [2.24, 2.45) is 5.92 Å². The van der Waals surface area contributed by atoms with Crippen molar-refractivity contribution in [3.8, 4) is 0 Å². The summed E-state index contributed by atoms with van der Waals surface area (Å²) in [5.41, 5.74) is -0.132. The summed E-state index contributed by atoms with van der Waals surface area (Å²) in [6, 6.07) is 0.484. The Kier molecular flexibility index (Phi) is 3.13. The average molecular weight is 250 g/mol. The molecule has 2 aliphatic carbocycles. The van der Waals surface area contributed by atoms with Crippen molar-refractivity contribution in [3.63, 3.8) is 0 Å². The Morgan fingerprint density at radius 1 is 1.28 bits per heavy atom. The number of amides is 1. The number of hydrogen-bond donors (Lipinski definition) is 1. The van der Waals surface area contributed by atoms with Gasteiger partial charge in [0.2, 0.25) is 5.91 Å². The minimum absolute atomic E-state index is 0.132. The summed E-state index contributed by atoms with van der Waals surface area (Å²) < 4.78 is 0. The van der Waals surface area contributed by atoms with Crippen LogP contribution in [-0.4, -0.2) is 28.6 Å². The molecule has 102 valence electrons. The summed E-state index contributed by atoms with van der Waals surface area (Å²) >= 11 is 0. The van der Waals surface area contributed by atoms with Crippen LogP contribution in [0.15, 0.2) is 0 Å². The third-order valence-corrected chi connectivity index (χ3v) is 5.23. The quantitative estimate of drug-likeness (QED) is 0.764. The molecule has 0 aromatic rings. The minimum Gasteiger partial charge on any atom is -0.322 e. The van der Waals surface area contributed by atoms with E-state index in [9.17, 15) is 4.79 Å². The fourth-order valence-electron chi connectivity index (χ4n) is 3.89. The molecule has 0 aromatic heterocycles. The highest BCUT2D eigenvalue weighted by Crippen LogP contribution is 2.45. The molecule has 1 aliphatic heterocycles. The van der Waals surface area contributed by atoms with Gasteiger partial charge in [-0.1, -0.05) is 33.1 Å². The van der Waals surface area contributed by atoms with Gasteiger partial charge in [-0.2, -0.15) is 0 Å². The summed E-state index contributed by atoms with van der Waals surface area (Å²) in [6.45, 7) is 4.54. The van der Waals surface area contributed by atoms with Gasteiger partial charge in [0.25, 0.3) is 0 Å². The van der Waals surface area contributed by atoms with Crippen molar-refractivity contribution in [1.29, 1.82) is 0 Å². The first kappa shape index (κ1) is 12.5. The number of rotatable bonds is 2. The Hall–Kier alpha value is -0.570. The van der Waals surface area contributed by atoms with Crippen molar-refractivity contribution in [2.45, 2.75) is 83.0 Å². The molecule has 0 bridgehead atoms. The van der Waals surface area contributed by atoms with E-state index >= 15 is 0 Å². The van der Waals surface area contributed by atoms with Crippen LogP contribution in [0, 0.1) is 5.92 Å². The van der Waals surface area contributed by atoms with Gasteiger partial charge in [-0.25, -0.2) is 0 Å². The fraction of sp³-hybridized carbons (Fsp3) is 0.933. The van der Waals surface area contributed by atoms with E-state index < -0.39 is 0 Å². The van der Waals surface area contributed by atoms with Gasteiger partial charge >= 0.3 is 0 Å². The zero-order chi connectivity index (χ0) is 12.8. The van der Waals surface area contributed by atoms with Gasteiger partial charge in [0.1, 0.15) is 0 Å². The average Bonchev–Trinajstić information content (AvgIpc) is 3.11. The number of carbonyl (C=O) groups is 1. The first-order valence-corrected chi connectivity index (χ1v) is 7.78. The van der Waals surface area contributed by atoms with E-state index in [2.05, 4.69) is 24.1 Å². The van der Waals surface area contributed by atoms with E-state index in [-0.39, 0.29) is 5.54 Å². The van der Waals surface area contributed by atoms with Crippen LogP contribution in [-0.2, 0) is 4.79 Å². The molecule has 3 heteroatoms. The second-order valence-corrected chi connectivity index (χ2v) is 6.55. The van der Waals surface area contributed by atoms with Gasteiger partial charge in [-0.05, 0) is 38.0 Å². The highest BCUT2D eigenvalue weighted by Gasteiger charge is 2.60. The lowest BCUT2D eigenvalue weighted by Crippen LogP contribution is -2.47. The molecule has 2 saturated carbocycles. The van der Waals surface area contributed by atoms with E-state index in [4.69, 9.17) is 0 Å². The standard InChI is InChI=1S/C15H26N2O/c1-3-13-16-15(9-10-15)14(18)17(13)12-8-6-4-5-7-11(12)2/h11-13,16H,3-10H2,1-2H3. The number of nitrogens with one attached hydrogen (secondary N) is 1. The number of nitrogens with zero attached hydrogens (tertiary/aromatic N) is 1. The largest absolute Gasteiger partial charge is 0.322 e. The first-order chi connectivity index (χ1) is 8.68. The van der Waals surface area contributed by atoms with E-state index in [0.717, 1.165) is 19.3 Å². The Morgan fingerprint density at radius 2 is 2.00 bits per heavy atom. The molecule has 3 fully saturated rings. The second-order valence-electron chi connectivity index (χ2n) is 6.55. The van der Waals surface area contributed by atoms with E-state index in [1.54, 1.807) is 0 Å². The Morgan fingerprint density at radius 3 is 2.67 bits per heavy atom. The van der Waals surface area contributed by atoms with Crippen molar-refractivity contribution in [3.05, 3.63) is 0 Å². The Bertz CT molecular complexity index is 337. The molecule has 18 heavy (non-hydrogen) atoms. The molecule has 0 radical (unpaired) electrons. The third-order valence-electron chi connectivity index (χ3n) is 5.23. The molecule has 3 rings (SSSR count). The molecule has 3 atom stereocenters. The Labute approximate surface area is 110 Å². The molecule has 1 spiro atoms. The highest BCUT2D eigenvalue weighted by atomic mass is 16.2. The monoisotopic (exact) mass is 250 g/mol. The van der Waals surface area contributed by atoms with Crippen LogP contribution in [0.3, 0.4) is 0 Å². The lowest BCUT2D eigenvalue weighted by atomic mass is 9.94. The smallest absolute Gasteiger partial charge is 0.244 e. The second kappa shape index (κ2) is 4.52. The van der Waals surface area contributed by atoms with Crippen LogP contribution in [0.1, 0.15) is 65.2 Å². The maximum atomic E-state index is 12.7. The predicted octanol–water partition coefficient (Wildman–Crippen LogP) is 2.66. The number of hydrogen-bond acceptors (Lipinski definition) is 2. The van der Waals surface area contributed by atoms with Crippen molar-refractivity contribution in [2.75, 3.05) is 0 Å².